The van der Waals surface area contributed by atoms with Gasteiger partial charge >= 0.3 is 6.03 Å². The zero-order valence-electron chi connectivity index (χ0n) is 23.1. The smallest absolute Gasteiger partial charge is 0.322 e. The molecule has 0 fully saturated rings. The van der Waals surface area contributed by atoms with E-state index in [9.17, 15) is 18.4 Å². The number of para-hydroxylation sites is 1. The molecule has 2 aromatic heterocycles. The van der Waals surface area contributed by atoms with Crippen LogP contribution in [-0.4, -0.2) is 32.0 Å². The summed E-state index contributed by atoms with van der Waals surface area (Å²) in [6, 6.07) is 24.0. The molecule has 8 nitrogen and oxygen atoms in total. The van der Waals surface area contributed by atoms with Crippen molar-refractivity contribution in [2.75, 3.05) is 17.2 Å². The Balaban J connectivity index is 1.28. The molecule has 3 aromatic carbocycles. The van der Waals surface area contributed by atoms with E-state index in [4.69, 9.17) is 4.98 Å². The Morgan fingerprint density at radius 2 is 1.63 bits per heavy atom. The number of amides is 2. The second-order valence-corrected chi connectivity index (χ2v) is 10.2. The quantitative estimate of drug-likeness (QED) is 0.259. The number of anilines is 2. The molecule has 0 spiro atoms. The summed E-state index contributed by atoms with van der Waals surface area (Å²) >= 11 is 0. The molecule has 0 saturated carbocycles. The summed E-state index contributed by atoms with van der Waals surface area (Å²) in [5, 5.41) is 5.99. The highest BCUT2D eigenvalue weighted by atomic mass is 19.2. The minimum absolute atomic E-state index is 0.0263. The maximum Gasteiger partial charge on any atom is 0.322 e. The third-order valence-electron chi connectivity index (χ3n) is 7.40. The van der Waals surface area contributed by atoms with Crippen molar-refractivity contribution in [2.45, 2.75) is 25.9 Å². The van der Waals surface area contributed by atoms with Crippen LogP contribution >= 0.6 is 0 Å². The van der Waals surface area contributed by atoms with E-state index in [2.05, 4.69) is 27.8 Å². The van der Waals surface area contributed by atoms with Crippen LogP contribution in [0.3, 0.4) is 0 Å². The molecule has 2 amide bonds. The summed E-state index contributed by atoms with van der Waals surface area (Å²) in [6.45, 7) is 0.777. The number of rotatable bonds is 7. The first kappa shape index (κ1) is 27.8. The Bertz CT molecular complexity index is 1830. The Morgan fingerprint density at radius 1 is 0.884 bits per heavy atom. The number of hydrogen-bond acceptors (Lipinski definition) is 5. The van der Waals surface area contributed by atoms with Gasteiger partial charge in [0.05, 0.1) is 23.5 Å². The van der Waals surface area contributed by atoms with Crippen molar-refractivity contribution in [3.63, 3.8) is 0 Å². The van der Waals surface area contributed by atoms with E-state index in [1.54, 1.807) is 12.4 Å². The first-order chi connectivity index (χ1) is 21.0. The van der Waals surface area contributed by atoms with Crippen LogP contribution in [0.25, 0.3) is 5.69 Å². The van der Waals surface area contributed by atoms with Gasteiger partial charge in [-0.2, -0.15) is 0 Å². The Hall–Kier alpha value is -5.38. The largest absolute Gasteiger partial charge is 0.351 e. The lowest BCUT2D eigenvalue weighted by Gasteiger charge is -2.29. The van der Waals surface area contributed by atoms with E-state index in [0.717, 1.165) is 35.2 Å². The van der Waals surface area contributed by atoms with Crippen molar-refractivity contribution in [2.24, 2.45) is 0 Å². The highest BCUT2D eigenvalue weighted by Crippen LogP contribution is 2.22. The van der Waals surface area contributed by atoms with Gasteiger partial charge < -0.3 is 15.5 Å². The zero-order valence-corrected chi connectivity index (χ0v) is 23.1. The van der Waals surface area contributed by atoms with Gasteiger partial charge in [0.15, 0.2) is 11.6 Å². The van der Waals surface area contributed by atoms with Gasteiger partial charge in [-0.15, -0.1) is 0 Å². The monoisotopic (exact) mass is 578 g/mol. The van der Waals surface area contributed by atoms with Gasteiger partial charge in [-0.25, -0.2) is 23.1 Å². The summed E-state index contributed by atoms with van der Waals surface area (Å²) in [7, 11) is 0. The summed E-state index contributed by atoms with van der Waals surface area (Å²) in [5.74, 6) is -1.65. The molecular formula is C33H28F2N6O2. The molecule has 0 atom stereocenters. The van der Waals surface area contributed by atoms with Crippen LogP contribution < -0.4 is 16.2 Å². The van der Waals surface area contributed by atoms with E-state index in [0.29, 0.717) is 42.4 Å². The summed E-state index contributed by atoms with van der Waals surface area (Å²) < 4.78 is 28.5. The molecule has 43 heavy (non-hydrogen) atoms. The molecule has 0 aliphatic carbocycles. The molecule has 216 valence electrons. The molecule has 6 rings (SSSR count). The third-order valence-corrected chi connectivity index (χ3v) is 7.40. The van der Waals surface area contributed by atoms with E-state index in [1.807, 2.05) is 54.6 Å². The Kier molecular flexibility index (Phi) is 7.90. The number of nitrogens with zero attached hydrogens (tertiary/aromatic N) is 4. The highest BCUT2D eigenvalue weighted by molar-refractivity contribution is 5.89. The maximum absolute atomic E-state index is 14.0. The van der Waals surface area contributed by atoms with Crippen LogP contribution in [0.5, 0.6) is 0 Å². The van der Waals surface area contributed by atoms with Crippen LogP contribution in [-0.2, 0) is 25.9 Å². The first-order valence-corrected chi connectivity index (χ1v) is 13.9. The Morgan fingerprint density at radius 3 is 2.40 bits per heavy atom. The molecule has 0 saturated heterocycles. The standard InChI is InChI=1S/C33H28F2N6O2/c34-28-11-10-25(19-29(28)35)38-33(43)40-17-14-30-27(21-40)31(42)41(26-8-2-1-3-9-26)32(39-30)37-20-24-7-5-4-6-23(24)18-22-12-15-36-16-13-22/h1-13,15-16,19H,14,17-18,20-21H2,(H,37,39)(H,38,43). The summed E-state index contributed by atoms with van der Waals surface area (Å²) in [5.41, 5.74) is 4.86. The second kappa shape index (κ2) is 12.2. The molecule has 0 radical (unpaired) electrons. The van der Waals surface area contributed by atoms with Crippen LogP contribution in [0.1, 0.15) is 27.9 Å². The molecule has 1 aliphatic heterocycles. The lowest BCUT2D eigenvalue weighted by Crippen LogP contribution is -2.43. The molecule has 10 heteroatoms. The van der Waals surface area contributed by atoms with E-state index >= 15 is 0 Å². The predicted molar refractivity (Wildman–Crippen MR) is 160 cm³/mol. The van der Waals surface area contributed by atoms with Gasteiger partial charge in [0.2, 0.25) is 5.95 Å². The van der Waals surface area contributed by atoms with Crippen LogP contribution in [0.2, 0.25) is 0 Å². The fourth-order valence-corrected chi connectivity index (χ4v) is 5.16. The second-order valence-electron chi connectivity index (χ2n) is 10.2. The van der Waals surface area contributed by atoms with Gasteiger partial charge in [-0.05, 0) is 59.5 Å². The number of aromatic nitrogens is 3. The zero-order chi connectivity index (χ0) is 29.8. The molecule has 0 unspecified atom stereocenters. The van der Waals surface area contributed by atoms with Crippen LogP contribution in [0, 0.1) is 11.6 Å². The highest BCUT2D eigenvalue weighted by Gasteiger charge is 2.27. The molecule has 0 bridgehead atoms. The minimum Gasteiger partial charge on any atom is -0.351 e. The van der Waals surface area contributed by atoms with Gasteiger partial charge in [0.1, 0.15) is 0 Å². The first-order valence-electron chi connectivity index (χ1n) is 13.9. The van der Waals surface area contributed by atoms with E-state index < -0.39 is 17.7 Å². The number of halogens is 2. The minimum atomic E-state index is -1.06. The van der Waals surface area contributed by atoms with Gasteiger partial charge in [-0.3, -0.25) is 9.78 Å². The molecular weight excluding hydrogens is 550 g/mol. The van der Waals surface area contributed by atoms with Crippen molar-refractivity contribution in [3.05, 3.63) is 147 Å². The third kappa shape index (κ3) is 6.13. The summed E-state index contributed by atoms with van der Waals surface area (Å²) in [4.78, 5) is 37.4. The van der Waals surface area contributed by atoms with Crippen molar-refractivity contribution >= 4 is 17.7 Å². The number of pyridine rings is 1. The number of nitrogens with one attached hydrogen (secondary N) is 2. The van der Waals surface area contributed by atoms with Gasteiger partial charge in [-0.1, -0.05) is 42.5 Å². The lowest BCUT2D eigenvalue weighted by atomic mass is 10.0. The Labute approximate surface area is 246 Å². The number of benzene rings is 3. The summed E-state index contributed by atoms with van der Waals surface area (Å²) in [6.07, 6.45) is 4.66. The lowest BCUT2D eigenvalue weighted by molar-refractivity contribution is 0.205. The van der Waals surface area contributed by atoms with Crippen molar-refractivity contribution in [1.82, 2.24) is 19.4 Å². The number of carbonyl (C=O) groups is 1. The van der Waals surface area contributed by atoms with Crippen molar-refractivity contribution in [3.8, 4) is 5.69 Å². The topological polar surface area (TPSA) is 92.2 Å². The molecule has 2 N–H and O–H groups in total. The predicted octanol–water partition coefficient (Wildman–Crippen LogP) is 5.70. The fourth-order valence-electron chi connectivity index (χ4n) is 5.16. The normalized spacial score (nSPS) is 12.5. The van der Waals surface area contributed by atoms with E-state index in [-0.39, 0.29) is 17.8 Å². The number of fused-ring (bicyclic) bond motifs is 1. The molecule has 5 aromatic rings. The number of hydrogen-bond donors (Lipinski definition) is 2. The average Bonchev–Trinajstić information content (AvgIpc) is 3.03. The SMILES string of the molecule is O=C(Nc1ccc(F)c(F)c1)N1CCc2nc(NCc3ccccc3Cc3ccncc3)n(-c3ccccc3)c(=O)c2C1. The van der Waals surface area contributed by atoms with Gasteiger partial charge in [0, 0.05) is 43.7 Å². The van der Waals surface area contributed by atoms with E-state index in [1.165, 1.54) is 15.5 Å². The van der Waals surface area contributed by atoms with Gasteiger partial charge in [0.25, 0.3) is 5.56 Å². The van der Waals surface area contributed by atoms with Crippen LogP contribution in [0.4, 0.5) is 25.2 Å². The number of urea groups is 1. The van der Waals surface area contributed by atoms with Crippen molar-refractivity contribution < 1.29 is 13.6 Å². The number of carbonyl (C=O) groups excluding carboxylic acids is 1. The van der Waals surface area contributed by atoms with Crippen molar-refractivity contribution in [1.29, 1.82) is 0 Å². The molecule has 3 heterocycles. The molecule has 1 aliphatic rings. The average molecular weight is 579 g/mol. The maximum atomic E-state index is 14.0. The fraction of sp³-hybridized carbons (Fsp3) is 0.152. The van der Waals surface area contributed by atoms with Crippen LogP contribution in [0.15, 0.2) is 102 Å².